The van der Waals surface area contributed by atoms with Crippen LogP contribution in [-0.4, -0.2) is 13.2 Å². The van der Waals surface area contributed by atoms with Crippen LogP contribution in [0, 0.1) is 0 Å². The normalized spacial score (nSPS) is 12.8. The molecule has 2 N–H and O–H groups in total. The van der Waals surface area contributed by atoms with Crippen LogP contribution in [0.5, 0.6) is 0 Å². The maximum atomic E-state index is 5.62. The van der Waals surface area contributed by atoms with Crippen LogP contribution in [0.15, 0.2) is 24.3 Å². The van der Waals surface area contributed by atoms with Crippen molar-refractivity contribution in [1.29, 1.82) is 0 Å². The molecule has 0 amide bonds. The molecule has 2 heteroatoms. The molecule has 1 aromatic carbocycles. The molecule has 0 saturated heterocycles. The third-order valence-electron chi connectivity index (χ3n) is 2.35. The first kappa shape index (κ1) is 11.2. The van der Waals surface area contributed by atoms with Crippen LogP contribution in [0.4, 0.5) is 0 Å². The summed E-state index contributed by atoms with van der Waals surface area (Å²) >= 11 is 0. The van der Waals surface area contributed by atoms with Gasteiger partial charge < -0.3 is 10.5 Å². The minimum absolute atomic E-state index is 0.427. The maximum Gasteiger partial charge on any atom is 0.0716 e. The van der Waals surface area contributed by atoms with Gasteiger partial charge in [0.05, 0.1) is 6.61 Å². The Labute approximate surface area is 86.1 Å². The van der Waals surface area contributed by atoms with Crippen LogP contribution < -0.4 is 5.73 Å². The van der Waals surface area contributed by atoms with E-state index in [-0.39, 0.29) is 0 Å². The van der Waals surface area contributed by atoms with Gasteiger partial charge in [-0.05, 0) is 30.5 Å². The fourth-order valence-electron chi connectivity index (χ4n) is 1.35. The van der Waals surface area contributed by atoms with Crippen molar-refractivity contribution in [3.8, 4) is 0 Å². The minimum Gasteiger partial charge on any atom is -0.377 e. The largest absolute Gasteiger partial charge is 0.377 e. The Balaban J connectivity index is 2.68. The summed E-state index contributed by atoms with van der Waals surface area (Å²) in [5.41, 5.74) is 8.15. The lowest BCUT2D eigenvalue weighted by Crippen LogP contribution is -2.09. The van der Waals surface area contributed by atoms with E-state index in [1.54, 1.807) is 0 Å². The summed E-state index contributed by atoms with van der Waals surface area (Å²) in [4.78, 5) is 0. The van der Waals surface area contributed by atoms with E-state index in [0.29, 0.717) is 19.1 Å². The molecular weight excluding hydrogens is 174 g/mol. The summed E-state index contributed by atoms with van der Waals surface area (Å²) in [5.74, 6) is 0.427. The molecule has 0 spiro atoms. The lowest BCUT2D eigenvalue weighted by molar-refractivity contribution is 0.134. The van der Waals surface area contributed by atoms with Crippen LogP contribution in [-0.2, 0) is 11.3 Å². The number of benzene rings is 1. The topological polar surface area (TPSA) is 35.2 Å². The second-order valence-corrected chi connectivity index (χ2v) is 3.52. The van der Waals surface area contributed by atoms with Gasteiger partial charge in [0.2, 0.25) is 0 Å². The van der Waals surface area contributed by atoms with Gasteiger partial charge in [-0.3, -0.25) is 0 Å². The standard InChI is InChI=1S/C12H19NO/c1-3-14-9-11-5-4-6-12(7-11)10(2)8-13/h4-7,10H,3,8-9,13H2,1-2H3. The summed E-state index contributed by atoms with van der Waals surface area (Å²) in [7, 11) is 0. The Hall–Kier alpha value is -0.860. The minimum atomic E-state index is 0.427. The SMILES string of the molecule is CCOCc1cccc(C(C)CN)c1. The Kier molecular flexibility index (Phi) is 4.63. The van der Waals surface area contributed by atoms with E-state index in [4.69, 9.17) is 10.5 Å². The van der Waals surface area contributed by atoms with Gasteiger partial charge in [0, 0.05) is 6.61 Å². The summed E-state index contributed by atoms with van der Waals surface area (Å²) in [5, 5.41) is 0. The van der Waals surface area contributed by atoms with E-state index in [9.17, 15) is 0 Å². The molecule has 1 unspecified atom stereocenters. The van der Waals surface area contributed by atoms with Gasteiger partial charge >= 0.3 is 0 Å². The van der Waals surface area contributed by atoms with Crippen LogP contribution in [0.3, 0.4) is 0 Å². The van der Waals surface area contributed by atoms with Gasteiger partial charge in [0.1, 0.15) is 0 Å². The van der Waals surface area contributed by atoms with Crippen molar-refractivity contribution in [2.75, 3.05) is 13.2 Å². The highest BCUT2D eigenvalue weighted by Crippen LogP contribution is 2.15. The molecule has 0 aliphatic carbocycles. The number of rotatable bonds is 5. The van der Waals surface area contributed by atoms with Crippen LogP contribution >= 0.6 is 0 Å². The van der Waals surface area contributed by atoms with Crippen LogP contribution in [0.2, 0.25) is 0 Å². The van der Waals surface area contributed by atoms with E-state index < -0.39 is 0 Å². The van der Waals surface area contributed by atoms with E-state index in [2.05, 4.69) is 31.2 Å². The number of ether oxygens (including phenoxy) is 1. The van der Waals surface area contributed by atoms with Crippen molar-refractivity contribution < 1.29 is 4.74 Å². The first-order valence-electron chi connectivity index (χ1n) is 5.14. The van der Waals surface area contributed by atoms with E-state index in [1.165, 1.54) is 11.1 Å². The fraction of sp³-hybridized carbons (Fsp3) is 0.500. The lowest BCUT2D eigenvalue weighted by atomic mass is 9.99. The van der Waals surface area contributed by atoms with Crippen molar-refractivity contribution in [2.24, 2.45) is 5.73 Å². The van der Waals surface area contributed by atoms with Gasteiger partial charge in [0.25, 0.3) is 0 Å². The highest BCUT2D eigenvalue weighted by Gasteiger charge is 2.03. The van der Waals surface area contributed by atoms with Crippen molar-refractivity contribution >= 4 is 0 Å². The highest BCUT2D eigenvalue weighted by molar-refractivity contribution is 5.25. The highest BCUT2D eigenvalue weighted by atomic mass is 16.5. The first-order chi connectivity index (χ1) is 6.77. The number of hydrogen-bond donors (Lipinski definition) is 1. The van der Waals surface area contributed by atoms with Gasteiger partial charge in [-0.25, -0.2) is 0 Å². The molecule has 0 aliphatic rings. The molecule has 0 heterocycles. The molecule has 0 radical (unpaired) electrons. The molecule has 0 bridgehead atoms. The third kappa shape index (κ3) is 3.13. The zero-order valence-corrected chi connectivity index (χ0v) is 8.99. The lowest BCUT2D eigenvalue weighted by Gasteiger charge is -2.10. The first-order valence-corrected chi connectivity index (χ1v) is 5.14. The summed E-state index contributed by atoms with van der Waals surface area (Å²) in [6.45, 7) is 6.29. The summed E-state index contributed by atoms with van der Waals surface area (Å²) < 4.78 is 5.36. The summed E-state index contributed by atoms with van der Waals surface area (Å²) in [6, 6.07) is 8.44. The predicted molar refractivity (Wildman–Crippen MR) is 59.2 cm³/mol. The van der Waals surface area contributed by atoms with Gasteiger partial charge in [-0.2, -0.15) is 0 Å². The van der Waals surface area contributed by atoms with Crippen molar-refractivity contribution in [3.05, 3.63) is 35.4 Å². The molecule has 0 saturated carbocycles. The molecular formula is C12H19NO. The van der Waals surface area contributed by atoms with Crippen molar-refractivity contribution in [3.63, 3.8) is 0 Å². The smallest absolute Gasteiger partial charge is 0.0716 e. The zero-order valence-electron chi connectivity index (χ0n) is 8.99. The fourth-order valence-corrected chi connectivity index (χ4v) is 1.35. The van der Waals surface area contributed by atoms with Gasteiger partial charge in [0.15, 0.2) is 0 Å². The molecule has 0 aliphatic heterocycles. The van der Waals surface area contributed by atoms with Crippen LogP contribution in [0.1, 0.15) is 30.9 Å². The molecule has 1 aromatic rings. The second kappa shape index (κ2) is 5.78. The van der Waals surface area contributed by atoms with E-state index >= 15 is 0 Å². The number of nitrogens with two attached hydrogens (primary N) is 1. The Morgan fingerprint density at radius 1 is 1.43 bits per heavy atom. The quantitative estimate of drug-likeness (QED) is 0.778. The predicted octanol–water partition coefficient (Wildman–Crippen LogP) is 2.29. The van der Waals surface area contributed by atoms with Gasteiger partial charge in [-0.15, -0.1) is 0 Å². The Morgan fingerprint density at radius 3 is 2.86 bits per heavy atom. The Bertz CT molecular complexity index is 273. The van der Waals surface area contributed by atoms with Gasteiger partial charge in [-0.1, -0.05) is 31.2 Å². The van der Waals surface area contributed by atoms with Crippen molar-refractivity contribution in [2.45, 2.75) is 26.4 Å². The van der Waals surface area contributed by atoms with E-state index in [0.717, 1.165) is 6.61 Å². The maximum absolute atomic E-state index is 5.62. The molecule has 2 nitrogen and oxygen atoms in total. The van der Waals surface area contributed by atoms with Crippen LogP contribution in [0.25, 0.3) is 0 Å². The third-order valence-corrected chi connectivity index (χ3v) is 2.35. The Morgan fingerprint density at radius 2 is 2.21 bits per heavy atom. The van der Waals surface area contributed by atoms with E-state index in [1.807, 2.05) is 6.92 Å². The molecule has 14 heavy (non-hydrogen) atoms. The van der Waals surface area contributed by atoms with Crippen molar-refractivity contribution in [1.82, 2.24) is 0 Å². The zero-order chi connectivity index (χ0) is 10.4. The molecule has 0 aromatic heterocycles. The molecule has 1 atom stereocenters. The molecule has 78 valence electrons. The molecule has 0 fully saturated rings. The monoisotopic (exact) mass is 193 g/mol. The average Bonchev–Trinajstić information content (AvgIpc) is 2.25. The average molecular weight is 193 g/mol. The summed E-state index contributed by atoms with van der Waals surface area (Å²) in [6.07, 6.45) is 0. The molecule has 1 rings (SSSR count). The second-order valence-electron chi connectivity index (χ2n) is 3.52. The number of hydrogen-bond acceptors (Lipinski definition) is 2.